The number of quaternary nitrogens is 1. The number of aromatic nitrogens is 2. The first kappa shape index (κ1) is 16.8. The molecule has 6 heteroatoms. The summed E-state index contributed by atoms with van der Waals surface area (Å²) in [4.78, 5) is 31.0. The number of fused-ring (bicyclic) bond motifs is 1. The maximum atomic E-state index is 11.7. The Morgan fingerprint density at radius 3 is 2.56 bits per heavy atom. The molecule has 1 unspecified atom stereocenters. The Bertz CT molecular complexity index is 1020. The van der Waals surface area contributed by atoms with Crippen LogP contribution in [0, 0.1) is 0 Å². The molecule has 0 saturated heterocycles. The number of pyridine rings is 2. The zero-order chi connectivity index (χ0) is 18.7. The minimum absolute atomic E-state index is 0.282. The van der Waals surface area contributed by atoms with Crippen LogP contribution in [0.15, 0.2) is 79.5 Å². The van der Waals surface area contributed by atoms with Crippen LogP contribution >= 0.6 is 0 Å². The number of carbonyl (C=O) groups excluding carboxylic acids is 2. The molecule has 1 N–H and O–H groups in total. The van der Waals surface area contributed by atoms with E-state index in [0.717, 1.165) is 22.5 Å². The molecule has 1 atom stereocenters. The first-order chi connectivity index (χ1) is 13.2. The van der Waals surface area contributed by atoms with Crippen molar-refractivity contribution in [3.05, 3.63) is 90.6 Å². The average Bonchev–Trinajstić information content (AvgIpc) is 3.04. The van der Waals surface area contributed by atoms with Crippen molar-refractivity contribution in [1.29, 1.82) is 0 Å². The van der Waals surface area contributed by atoms with Crippen molar-refractivity contribution in [1.82, 2.24) is 19.8 Å². The normalized spacial score (nSPS) is 17.7. The van der Waals surface area contributed by atoms with Gasteiger partial charge >= 0.3 is 0 Å². The van der Waals surface area contributed by atoms with Gasteiger partial charge in [-0.15, -0.1) is 0 Å². The molecule has 3 aromatic rings. The predicted octanol–water partition coefficient (Wildman–Crippen LogP) is 2.94. The standard InChI is InChI=1S/C21H16N4O2/c26-15-21(27)24-19-14-25(17-7-10-22-11-8-17,13-16-4-3-9-23-12-16)20-6-2-1-5-18(19)20/h1-12,14-15H,13H2/p+1. The molecular weight excluding hydrogens is 340 g/mol. The summed E-state index contributed by atoms with van der Waals surface area (Å²) in [6.45, 7) is 0.606. The van der Waals surface area contributed by atoms with Crippen LogP contribution in [0.4, 0.5) is 11.4 Å². The van der Waals surface area contributed by atoms with Crippen LogP contribution in [-0.4, -0.2) is 22.2 Å². The Morgan fingerprint density at radius 1 is 1.00 bits per heavy atom. The van der Waals surface area contributed by atoms with E-state index >= 15 is 0 Å². The predicted molar refractivity (Wildman–Crippen MR) is 102 cm³/mol. The Hall–Kier alpha value is -3.64. The Balaban J connectivity index is 1.92. The van der Waals surface area contributed by atoms with Gasteiger partial charge in [-0.05, 0) is 12.1 Å². The number of amides is 1. The first-order valence-corrected chi connectivity index (χ1v) is 8.49. The van der Waals surface area contributed by atoms with Crippen molar-refractivity contribution < 1.29 is 9.59 Å². The van der Waals surface area contributed by atoms with Gasteiger partial charge in [-0.3, -0.25) is 19.6 Å². The second kappa shape index (κ2) is 6.93. The molecule has 0 aliphatic carbocycles. The smallest absolute Gasteiger partial charge is 0.288 e. The minimum atomic E-state index is -0.674. The van der Waals surface area contributed by atoms with Crippen molar-refractivity contribution in [2.75, 3.05) is 0 Å². The van der Waals surface area contributed by atoms with E-state index in [-0.39, 0.29) is 6.29 Å². The maximum absolute atomic E-state index is 11.7. The van der Waals surface area contributed by atoms with E-state index in [9.17, 15) is 9.59 Å². The van der Waals surface area contributed by atoms with Crippen molar-refractivity contribution in [2.24, 2.45) is 0 Å². The van der Waals surface area contributed by atoms with Crippen LogP contribution in [0.2, 0.25) is 0 Å². The fourth-order valence-corrected chi connectivity index (χ4v) is 3.50. The van der Waals surface area contributed by atoms with Crippen LogP contribution in [0.25, 0.3) is 5.70 Å². The van der Waals surface area contributed by atoms with Gasteiger partial charge in [0.2, 0.25) is 6.29 Å². The van der Waals surface area contributed by atoms with E-state index in [1.54, 1.807) is 18.6 Å². The van der Waals surface area contributed by atoms with Crippen LogP contribution in [0.5, 0.6) is 0 Å². The molecule has 0 saturated carbocycles. The summed E-state index contributed by atoms with van der Waals surface area (Å²) < 4.78 is 0.360. The third kappa shape index (κ3) is 3.02. The highest BCUT2D eigenvalue weighted by atomic mass is 16.2. The van der Waals surface area contributed by atoms with Gasteiger partial charge in [-0.25, -0.2) is 4.48 Å². The van der Waals surface area contributed by atoms with E-state index in [2.05, 4.69) is 15.3 Å². The number of hydrogen-bond acceptors (Lipinski definition) is 4. The lowest BCUT2D eigenvalue weighted by molar-refractivity contribution is -0.130. The van der Waals surface area contributed by atoms with Gasteiger partial charge < -0.3 is 5.32 Å². The molecule has 0 radical (unpaired) electrons. The highest BCUT2D eigenvalue weighted by Crippen LogP contribution is 2.46. The van der Waals surface area contributed by atoms with Gasteiger partial charge in [0.15, 0.2) is 5.69 Å². The summed E-state index contributed by atoms with van der Waals surface area (Å²) >= 11 is 0. The van der Waals surface area contributed by atoms with E-state index in [1.165, 1.54) is 0 Å². The maximum Gasteiger partial charge on any atom is 0.288 e. The van der Waals surface area contributed by atoms with Crippen molar-refractivity contribution in [3.63, 3.8) is 0 Å². The number of benzene rings is 1. The average molecular weight is 357 g/mol. The third-order valence-corrected chi connectivity index (χ3v) is 4.62. The largest absolute Gasteiger partial charge is 0.315 e. The molecule has 1 aliphatic rings. The molecule has 0 fully saturated rings. The van der Waals surface area contributed by atoms with Gasteiger partial charge in [0.05, 0.1) is 5.56 Å². The first-order valence-electron chi connectivity index (χ1n) is 8.49. The zero-order valence-electron chi connectivity index (χ0n) is 14.4. The zero-order valence-corrected chi connectivity index (χ0v) is 14.4. The highest BCUT2D eigenvalue weighted by molar-refractivity contribution is 6.26. The Morgan fingerprint density at radius 2 is 1.81 bits per heavy atom. The van der Waals surface area contributed by atoms with Crippen molar-refractivity contribution in [2.45, 2.75) is 6.54 Å². The fraction of sp³-hybridized carbons (Fsp3) is 0.0476. The number of nitrogens with one attached hydrogen (secondary N) is 1. The number of nitrogens with zero attached hydrogens (tertiary/aromatic N) is 3. The molecule has 4 rings (SSSR count). The van der Waals surface area contributed by atoms with E-state index in [0.29, 0.717) is 16.7 Å². The number of carbonyl (C=O) groups is 2. The lowest BCUT2D eigenvalue weighted by atomic mass is 10.1. The summed E-state index contributed by atoms with van der Waals surface area (Å²) in [6.07, 6.45) is 9.32. The summed E-state index contributed by atoms with van der Waals surface area (Å²) in [6, 6.07) is 15.7. The fourth-order valence-electron chi connectivity index (χ4n) is 3.50. The molecule has 0 spiro atoms. The lowest BCUT2D eigenvalue weighted by Crippen LogP contribution is -2.36. The summed E-state index contributed by atoms with van der Waals surface area (Å²) in [5.41, 5.74) is 4.55. The molecule has 27 heavy (non-hydrogen) atoms. The summed E-state index contributed by atoms with van der Waals surface area (Å²) in [7, 11) is 0. The number of aldehydes is 1. The van der Waals surface area contributed by atoms with E-state index < -0.39 is 5.91 Å². The lowest BCUT2D eigenvalue weighted by Gasteiger charge is -2.31. The van der Waals surface area contributed by atoms with Crippen LogP contribution in [-0.2, 0) is 16.1 Å². The third-order valence-electron chi connectivity index (χ3n) is 4.62. The number of hydrogen-bond donors (Lipinski definition) is 1. The SMILES string of the molecule is O=CC(=O)NC1=C[N+](Cc2cccnc2)(c2ccncc2)c2ccccc21. The summed E-state index contributed by atoms with van der Waals surface area (Å²) in [5, 5.41) is 2.70. The van der Waals surface area contributed by atoms with Crippen molar-refractivity contribution in [3.8, 4) is 0 Å². The van der Waals surface area contributed by atoms with E-state index in [1.807, 2.05) is 60.9 Å². The monoisotopic (exact) mass is 357 g/mol. The molecule has 1 amide bonds. The second-order valence-electron chi connectivity index (χ2n) is 6.26. The van der Waals surface area contributed by atoms with Crippen molar-refractivity contribution >= 4 is 29.3 Å². The molecule has 132 valence electrons. The highest BCUT2D eigenvalue weighted by Gasteiger charge is 2.41. The summed E-state index contributed by atoms with van der Waals surface area (Å²) in [5.74, 6) is -0.674. The van der Waals surface area contributed by atoms with E-state index in [4.69, 9.17) is 0 Å². The molecule has 2 aromatic heterocycles. The van der Waals surface area contributed by atoms with Crippen LogP contribution in [0.1, 0.15) is 11.1 Å². The quantitative estimate of drug-likeness (QED) is 0.433. The van der Waals surface area contributed by atoms with Crippen LogP contribution in [0.3, 0.4) is 0 Å². The van der Waals surface area contributed by atoms with Gasteiger partial charge in [0.1, 0.15) is 24.1 Å². The van der Waals surface area contributed by atoms with Crippen LogP contribution < -0.4 is 9.80 Å². The Labute approximate surface area is 156 Å². The van der Waals surface area contributed by atoms with Gasteiger partial charge in [-0.1, -0.05) is 18.2 Å². The number of para-hydroxylation sites is 1. The molecule has 6 nitrogen and oxygen atoms in total. The number of rotatable bonds is 5. The van der Waals surface area contributed by atoms with Gasteiger partial charge in [0, 0.05) is 48.5 Å². The minimum Gasteiger partial charge on any atom is -0.315 e. The Kier molecular flexibility index (Phi) is 4.32. The molecule has 1 aliphatic heterocycles. The molecule has 3 heterocycles. The van der Waals surface area contributed by atoms with Gasteiger partial charge in [0.25, 0.3) is 5.91 Å². The topological polar surface area (TPSA) is 72.0 Å². The molecule has 0 bridgehead atoms. The molecular formula is C21H17N4O2+. The second-order valence-corrected chi connectivity index (χ2v) is 6.26. The van der Waals surface area contributed by atoms with Gasteiger partial charge in [-0.2, -0.15) is 0 Å². The molecule has 1 aromatic carbocycles.